The summed E-state index contributed by atoms with van der Waals surface area (Å²) in [7, 11) is -1.89. The number of unbranched alkanes of at least 4 members (excludes halogenated alkanes) is 2. The Labute approximate surface area is 183 Å². The number of hydrogen-bond acceptors (Lipinski definition) is 7. The van der Waals surface area contributed by atoms with Crippen molar-refractivity contribution in [3.8, 4) is 5.75 Å². The van der Waals surface area contributed by atoms with E-state index in [1.54, 1.807) is 12.1 Å². The van der Waals surface area contributed by atoms with Crippen LogP contribution >= 0.6 is 0 Å². The largest absolute Gasteiger partial charge is 0.497 e. The molecule has 0 bridgehead atoms. The van der Waals surface area contributed by atoms with Gasteiger partial charge in [0, 0.05) is 12.1 Å². The third-order valence-electron chi connectivity index (χ3n) is 4.70. The van der Waals surface area contributed by atoms with Crippen LogP contribution in [0.5, 0.6) is 5.75 Å². The van der Waals surface area contributed by atoms with Gasteiger partial charge in [-0.15, -0.1) is 0 Å². The lowest BCUT2D eigenvalue weighted by Crippen LogP contribution is -2.17. The van der Waals surface area contributed by atoms with Crippen molar-refractivity contribution in [3.05, 3.63) is 65.7 Å². The molecule has 1 N–H and O–H groups in total. The molecule has 0 aliphatic carbocycles. The third kappa shape index (κ3) is 5.78. The van der Waals surface area contributed by atoms with E-state index in [0.29, 0.717) is 31.6 Å². The van der Waals surface area contributed by atoms with E-state index >= 15 is 0 Å². The maximum Gasteiger partial charge on any atom is 0.335 e. The van der Waals surface area contributed by atoms with Crippen molar-refractivity contribution in [2.45, 2.75) is 30.1 Å². The summed E-state index contributed by atoms with van der Waals surface area (Å²) < 4.78 is 76.3. The highest BCUT2D eigenvalue weighted by molar-refractivity contribution is 7.91. The highest BCUT2D eigenvalue weighted by atomic mass is 32.2. The molecule has 7 nitrogen and oxygen atoms in total. The molecule has 0 radical (unpaired) electrons. The Balaban J connectivity index is 1.43. The van der Waals surface area contributed by atoms with Crippen LogP contribution in [0.15, 0.2) is 57.9 Å². The van der Waals surface area contributed by atoms with Crippen molar-refractivity contribution in [1.82, 2.24) is 10.1 Å². The SMILES string of the molecule is COc1ccc(S(=O)(=O)CCCCCNc2nc(C(F)(F)c3ccc(F)cc3)no2)cc1. The number of nitrogens with zero attached hydrogens (tertiary/aromatic N) is 2. The number of halogens is 3. The Morgan fingerprint density at radius 1 is 1.03 bits per heavy atom. The van der Waals surface area contributed by atoms with Crippen LogP contribution in [0.2, 0.25) is 0 Å². The van der Waals surface area contributed by atoms with Gasteiger partial charge in [0.25, 0.3) is 0 Å². The zero-order valence-corrected chi connectivity index (χ0v) is 18.0. The number of aromatic nitrogens is 2. The van der Waals surface area contributed by atoms with Crippen LogP contribution in [0, 0.1) is 5.82 Å². The van der Waals surface area contributed by atoms with E-state index < -0.39 is 33.0 Å². The zero-order valence-electron chi connectivity index (χ0n) is 17.2. The summed E-state index contributed by atoms with van der Waals surface area (Å²) >= 11 is 0. The first-order chi connectivity index (χ1) is 15.2. The van der Waals surface area contributed by atoms with Gasteiger partial charge in [0.15, 0.2) is 9.84 Å². The molecule has 0 saturated heterocycles. The standard InChI is InChI=1S/C21H22F3N3O4S/c1-30-17-9-11-18(12-10-17)32(28,29)14-4-2-3-13-25-20-26-19(27-31-20)21(23,24)15-5-7-16(22)8-6-15/h5-12H,2-4,13-14H2,1H3,(H,25,26,27). The lowest BCUT2D eigenvalue weighted by Gasteiger charge is -2.11. The van der Waals surface area contributed by atoms with Crippen LogP contribution in [0.1, 0.15) is 30.7 Å². The molecule has 3 aromatic rings. The van der Waals surface area contributed by atoms with E-state index in [0.717, 1.165) is 24.3 Å². The van der Waals surface area contributed by atoms with Gasteiger partial charge in [-0.3, -0.25) is 0 Å². The minimum atomic E-state index is -3.53. The van der Waals surface area contributed by atoms with E-state index in [-0.39, 0.29) is 16.7 Å². The Kier molecular flexibility index (Phi) is 7.39. The normalized spacial score (nSPS) is 12.0. The highest BCUT2D eigenvalue weighted by Gasteiger charge is 2.39. The molecule has 1 aromatic heterocycles. The number of benzene rings is 2. The van der Waals surface area contributed by atoms with Gasteiger partial charge in [-0.2, -0.15) is 13.8 Å². The summed E-state index contributed by atoms with van der Waals surface area (Å²) in [6, 6.07) is 9.79. The fourth-order valence-corrected chi connectivity index (χ4v) is 4.27. The first kappa shape index (κ1) is 23.6. The average Bonchev–Trinajstić information content (AvgIpc) is 3.26. The molecule has 3 rings (SSSR count). The third-order valence-corrected chi connectivity index (χ3v) is 6.51. The van der Waals surface area contributed by atoms with Crippen LogP contribution in [-0.2, 0) is 15.8 Å². The van der Waals surface area contributed by atoms with Crippen LogP contribution in [0.3, 0.4) is 0 Å². The van der Waals surface area contributed by atoms with Gasteiger partial charge in [0.05, 0.1) is 17.8 Å². The highest BCUT2D eigenvalue weighted by Crippen LogP contribution is 2.34. The lowest BCUT2D eigenvalue weighted by molar-refractivity contribution is 0.0304. The van der Waals surface area contributed by atoms with Crippen LogP contribution in [-0.4, -0.2) is 38.0 Å². The molecule has 0 fully saturated rings. The van der Waals surface area contributed by atoms with Crippen molar-refractivity contribution in [2.24, 2.45) is 0 Å². The van der Waals surface area contributed by atoms with Crippen LogP contribution < -0.4 is 10.1 Å². The van der Waals surface area contributed by atoms with Gasteiger partial charge in [-0.05, 0) is 61.4 Å². The summed E-state index contributed by atoms with van der Waals surface area (Å²) in [5.41, 5.74) is -0.454. The average molecular weight is 469 g/mol. The van der Waals surface area contributed by atoms with E-state index in [1.165, 1.54) is 19.2 Å². The van der Waals surface area contributed by atoms with Gasteiger partial charge in [-0.25, -0.2) is 12.8 Å². The summed E-state index contributed by atoms with van der Waals surface area (Å²) in [6.45, 7) is 0.340. The number of hydrogen-bond donors (Lipinski definition) is 1. The molecule has 1 heterocycles. The number of rotatable bonds is 11. The van der Waals surface area contributed by atoms with Crippen molar-refractivity contribution in [3.63, 3.8) is 0 Å². The Morgan fingerprint density at radius 2 is 1.72 bits per heavy atom. The first-order valence-corrected chi connectivity index (χ1v) is 11.5. The summed E-state index contributed by atoms with van der Waals surface area (Å²) in [4.78, 5) is 3.89. The second kappa shape index (κ2) is 10.0. The molecule has 0 atom stereocenters. The van der Waals surface area contributed by atoms with E-state index in [4.69, 9.17) is 9.26 Å². The second-order valence-electron chi connectivity index (χ2n) is 6.99. The summed E-state index contributed by atoms with van der Waals surface area (Å²) in [6.07, 6.45) is 1.60. The minimum Gasteiger partial charge on any atom is -0.497 e. The van der Waals surface area contributed by atoms with Crippen molar-refractivity contribution in [1.29, 1.82) is 0 Å². The smallest absolute Gasteiger partial charge is 0.335 e. The van der Waals surface area contributed by atoms with E-state index in [2.05, 4.69) is 15.5 Å². The fraction of sp³-hybridized carbons (Fsp3) is 0.333. The van der Waals surface area contributed by atoms with Gasteiger partial charge in [0.1, 0.15) is 11.6 Å². The molecule has 0 spiro atoms. The Bertz CT molecular complexity index is 1120. The number of sulfone groups is 1. The maximum absolute atomic E-state index is 14.4. The summed E-state index contributed by atoms with van der Waals surface area (Å²) in [5, 5.41) is 6.04. The number of anilines is 1. The number of methoxy groups -OCH3 is 1. The molecule has 0 aliphatic rings. The first-order valence-electron chi connectivity index (χ1n) is 9.81. The molecule has 0 unspecified atom stereocenters. The molecule has 0 saturated carbocycles. The van der Waals surface area contributed by atoms with Gasteiger partial charge >= 0.3 is 11.9 Å². The van der Waals surface area contributed by atoms with Crippen molar-refractivity contribution < 1.29 is 30.8 Å². The quantitative estimate of drug-likeness (QED) is 0.416. The van der Waals surface area contributed by atoms with Crippen molar-refractivity contribution >= 4 is 15.9 Å². The molecule has 0 amide bonds. The number of alkyl halides is 2. The molecule has 172 valence electrons. The van der Waals surface area contributed by atoms with Gasteiger partial charge in [-0.1, -0.05) is 11.6 Å². The predicted octanol–water partition coefficient (Wildman–Crippen LogP) is 4.41. The van der Waals surface area contributed by atoms with E-state index in [1.807, 2.05) is 0 Å². The van der Waals surface area contributed by atoms with Crippen molar-refractivity contribution in [2.75, 3.05) is 24.7 Å². The monoisotopic (exact) mass is 469 g/mol. The van der Waals surface area contributed by atoms with Gasteiger partial charge < -0.3 is 14.6 Å². The zero-order chi connectivity index (χ0) is 23.2. The maximum atomic E-state index is 14.4. The fourth-order valence-electron chi connectivity index (χ4n) is 2.90. The Hall–Kier alpha value is -3.08. The lowest BCUT2D eigenvalue weighted by atomic mass is 10.1. The topological polar surface area (TPSA) is 94.3 Å². The summed E-state index contributed by atoms with van der Waals surface area (Å²) in [5.74, 6) is -4.43. The van der Waals surface area contributed by atoms with Crippen LogP contribution in [0.4, 0.5) is 19.2 Å². The molecular weight excluding hydrogens is 447 g/mol. The molecule has 11 heteroatoms. The molecule has 0 aliphatic heterocycles. The predicted molar refractivity (Wildman–Crippen MR) is 111 cm³/mol. The molecular formula is C21H22F3N3O4S. The molecule has 2 aromatic carbocycles. The number of ether oxygens (including phenoxy) is 1. The van der Waals surface area contributed by atoms with E-state index in [9.17, 15) is 21.6 Å². The van der Waals surface area contributed by atoms with Crippen LogP contribution in [0.25, 0.3) is 0 Å². The van der Waals surface area contributed by atoms with Gasteiger partial charge in [0.2, 0.25) is 5.82 Å². The minimum absolute atomic E-state index is 0.00602. The number of nitrogens with one attached hydrogen (secondary N) is 1. The molecule has 32 heavy (non-hydrogen) atoms. The second-order valence-corrected chi connectivity index (χ2v) is 9.10. The Morgan fingerprint density at radius 3 is 2.38 bits per heavy atom.